The van der Waals surface area contributed by atoms with Crippen LogP contribution < -0.4 is 0 Å². The van der Waals surface area contributed by atoms with Crippen LogP contribution in [-0.4, -0.2) is 32.4 Å². The zero-order valence-corrected chi connectivity index (χ0v) is 8.85. The molecular weight excluding hydrogens is 212 g/mol. The summed E-state index contributed by atoms with van der Waals surface area (Å²) in [6.45, 7) is 0. The molecule has 0 aliphatic heterocycles. The SMILES string of the molecule is COC(=O)c1cccc(C(=O)OC)c1C=O. The van der Waals surface area contributed by atoms with Gasteiger partial charge in [-0.25, -0.2) is 9.59 Å². The van der Waals surface area contributed by atoms with Gasteiger partial charge in [-0.2, -0.15) is 0 Å². The first kappa shape index (κ1) is 11.9. The summed E-state index contributed by atoms with van der Waals surface area (Å²) in [4.78, 5) is 33.5. The molecule has 16 heavy (non-hydrogen) atoms. The number of carbonyl (C=O) groups is 3. The number of hydrogen-bond acceptors (Lipinski definition) is 5. The minimum atomic E-state index is -0.673. The highest BCUT2D eigenvalue weighted by Gasteiger charge is 2.19. The zero-order valence-electron chi connectivity index (χ0n) is 8.85. The number of esters is 2. The summed E-state index contributed by atoms with van der Waals surface area (Å²) < 4.78 is 8.99. The summed E-state index contributed by atoms with van der Waals surface area (Å²) in [5.74, 6) is -1.35. The molecule has 0 heterocycles. The molecule has 0 atom stereocenters. The molecule has 5 heteroatoms. The van der Waals surface area contributed by atoms with E-state index in [1.165, 1.54) is 32.4 Å². The number of rotatable bonds is 3. The molecule has 84 valence electrons. The Morgan fingerprint density at radius 2 is 1.50 bits per heavy atom. The first-order valence-electron chi connectivity index (χ1n) is 4.40. The van der Waals surface area contributed by atoms with Gasteiger partial charge in [0, 0.05) is 5.56 Å². The Bertz CT molecular complexity index is 402. The lowest BCUT2D eigenvalue weighted by Gasteiger charge is -2.06. The normalized spacial score (nSPS) is 9.38. The molecule has 0 bridgehead atoms. The van der Waals surface area contributed by atoms with E-state index in [0.29, 0.717) is 6.29 Å². The average molecular weight is 222 g/mol. The maximum atomic E-state index is 11.3. The van der Waals surface area contributed by atoms with Crippen molar-refractivity contribution in [3.63, 3.8) is 0 Å². The van der Waals surface area contributed by atoms with Crippen LogP contribution in [0, 0.1) is 0 Å². The highest BCUT2D eigenvalue weighted by atomic mass is 16.5. The summed E-state index contributed by atoms with van der Waals surface area (Å²) in [6, 6.07) is 4.29. The second kappa shape index (κ2) is 5.06. The summed E-state index contributed by atoms with van der Waals surface area (Å²) in [5, 5.41) is 0. The van der Waals surface area contributed by atoms with E-state index in [1.54, 1.807) is 0 Å². The van der Waals surface area contributed by atoms with Crippen molar-refractivity contribution in [1.82, 2.24) is 0 Å². The molecule has 0 aliphatic carbocycles. The molecule has 0 amide bonds. The Morgan fingerprint density at radius 1 is 1.06 bits per heavy atom. The quantitative estimate of drug-likeness (QED) is 0.565. The molecule has 0 saturated heterocycles. The summed E-state index contributed by atoms with van der Waals surface area (Å²) in [7, 11) is 2.39. The van der Waals surface area contributed by atoms with E-state index in [9.17, 15) is 14.4 Å². The van der Waals surface area contributed by atoms with Crippen LogP contribution >= 0.6 is 0 Å². The van der Waals surface area contributed by atoms with Crippen LogP contribution in [0.3, 0.4) is 0 Å². The van der Waals surface area contributed by atoms with E-state index >= 15 is 0 Å². The van der Waals surface area contributed by atoms with Crippen LogP contribution in [0.2, 0.25) is 0 Å². The van der Waals surface area contributed by atoms with Crippen LogP contribution in [0.1, 0.15) is 31.1 Å². The molecule has 0 N–H and O–H groups in total. The van der Waals surface area contributed by atoms with Crippen LogP contribution in [-0.2, 0) is 9.47 Å². The van der Waals surface area contributed by atoms with Gasteiger partial charge in [-0.05, 0) is 12.1 Å². The highest BCUT2D eigenvalue weighted by molar-refractivity contribution is 6.06. The first-order chi connectivity index (χ1) is 7.65. The molecule has 0 radical (unpaired) electrons. The van der Waals surface area contributed by atoms with Crippen molar-refractivity contribution in [1.29, 1.82) is 0 Å². The number of carbonyl (C=O) groups excluding carboxylic acids is 3. The van der Waals surface area contributed by atoms with Crippen LogP contribution in [0.4, 0.5) is 0 Å². The van der Waals surface area contributed by atoms with Crippen molar-refractivity contribution in [3.8, 4) is 0 Å². The van der Waals surface area contributed by atoms with Gasteiger partial charge in [-0.15, -0.1) is 0 Å². The number of aldehydes is 1. The van der Waals surface area contributed by atoms with E-state index in [4.69, 9.17) is 0 Å². The molecule has 1 aromatic carbocycles. The lowest BCUT2D eigenvalue weighted by molar-refractivity contribution is 0.0594. The van der Waals surface area contributed by atoms with Gasteiger partial charge in [0.1, 0.15) is 0 Å². The standard InChI is InChI=1S/C11H10O5/c1-15-10(13)7-4-3-5-8(9(7)6-12)11(14)16-2/h3-6H,1-2H3. The van der Waals surface area contributed by atoms with Crippen molar-refractivity contribution in [2.75, 3.05) is 14.2 Å². The van der Waals surface area contributed by atoms with Gasteiger partial charge in [0.25, 0.3) is 0 Å². The number of methoxy groups -OCH3 is 2. The van der Waals surface area contributed by atoms with Gasteiger partial charge in [0.15, 0.2) is 6.29 Å². The molecule has 0 saturated carbocycles. The summed E-state index contributed by atoms with van der Waals surface area (Å²) >= 11 is 0. The third-order valence-corrected chi connectivity index (χ3v) is 2.03. The third-order valence-electron chi connectivity index (χ3n) is 2.03. The van der Waals surface area contributed by atoms with Gasteiger partial charge in [0.2, 0.25) is 0 Å². The van der Waals surface area contributed by atoms with Crippen molar-refractivity contribution in [2.45, 2.75) is 0 Å². The van der Waals surface area contributed by atoms with Gasteiger partial charge < -0.3 is 9.47 Å². The van der Waals surface area contributed by atoms with Gasteiger partial charge >= 0.3 is 11.9 Å². The van der Waals surface area contributed by atoms with Crippen molar-refractivity contribution >= 4 is 18.2 Å². The van der Waals surface area contributed by atoms with Crippen molar-refractivity contribution in [3.05, 3.63) is 34.9 Å². The van der Waals surface area contributed by atoms with Gasteiger partial charge in [-0.1, -0.05) is 6.07 Å². The van der Waals surface area contributed by atoms with Crippen molar-refractivity contribution < 1.29 is 23.9 Å². The Labute approximate surface area is 92.0 Å². The molecule has 5 nitrogen and oxygen atoms in total. The minimum Gasteiger partial charge on any atom is -0.465 e. The molecular formula is C11H10O5. The fourth-order valence-corrected chi connectivity index (χ4v) is 1.27. The van der Waals surface area contributed by atoms with Crippen LogP contribution in [0.15, 0.2) is 18.2 Å². The predicted molar refractivity (Wildman–Crippen MR) is 54.5 cm³/mol. The zero-order chi connectivity index (χ0) is 12.1. The summed E-state index contributed by atoms with van der Waals surface area (Å²) in [6.07, 6.45) is 0.429. The van der Waals surface area contributed by atoms with Crippen LogP contribution in [0.25, 0.3) is 0 Å². The van der Waals surface area contributed by atoms with Crippen LogP contribution in [0.5, 0.6) is 0 Å². The monoisotopic (exact) mass is 222 g/mol. The molecule has 0 spiro atoms. The van der Waals surface area contributed by atoms with Gasteiger partial charge in [0.05, 0.1) is 25.3 Å². The Kier molecular flexibility index (Phi) is 3.77. The predicted octanol–water partition coefficient (Wildman–Crippen LogP) is 1.07. The van der Waals surface area contributed by atoms with E-state index in [0.717, 1.165) is 0 Å². The number of benzene rings is 1. The Hall–Kier alpha value is -2.17. The molecule has 0 aliphatic rings. The molecule has 0 unspecified atom stereocenters. The highest BCUT2D eigenvalue weighted by Crippen LogP contribution is 2.15. The lowest BCUT2D eigenvalue weighted by atomic mass is 10.0. The molecule has 0 aromatic heterocycles. The smallest absolute Gasteiger partial charge is 0.338 e. The Balaban J connectivity index is 3.37. The third kappa shape index (κ3) is 2.08. The van der Waals surface area contributed by atoms with Crippen molar-refractivity contribution in [2.24, 2.45) is 0 Å². The fraction of sp³-hybridized carbons (Fsp3) is 0.182. The van der Waals surface area contributed by atoms with E-state index in [2.05, 4.69) is 9.47 Å². The molecule has 1 aromatic rings. The largest absolute Gasteiger partial charge is 0.465 e. The number of ether oxygens (including phenoxy) is 2. The average Bonchev–Trinajstić information content (AvgIpc) is 2.35. The fourth-order valence-electron chi connectivity index (χ4n) is 1.27. The first-order valence-corrected chi connectivity index (χ1v) is 4.40. The Morgan fingerprint density at radius 3 is 1.81 bits per heavy atom. The molecule has 0 fully saturated rings. The minimum absolute atomic E-state index is 0.0267. The van der Waals surface area contributed by atoms with E-state index < -0.39 is 11.9 Å². The number of hydrogen-bond donors (Lipinski definition) is 0. The van der Waals surface area contributed by atoms with E-state index in [1.807, 2.05) is 0 Å². The maximum Gasteiger partial charge on any atom is 0.338 e. The lowest BCUT2D eigenvalue weighted by Crippen LogP contribution is -2.12. The second-order valence-corrected chi connectivity index (χ2v) is 2.87. The maximum absolute atomic E-state index is 11.3. The van der Waals surface area contributed by atoms with Gasteiger partial charge in [-0.3, -0.25) is 4.79 Å². The molecule has 1 rings (SSSR count). The summed E-state index contributed by atoms with van der Waals surface area (Å²) in [5.41, 5.74) is 0.0574. The topological polar surface area (TPSA) is 69.7 Å². The second-order valence-electron chi connectivity index (χ2n) is 2.87. The van der Waals surface area contributed by atoms with E-state index in [-0.39, 0.29) is 16.7 Å².